The maximum absolute atomic E-state index is 12.7. The van der Waals surface area contributed by atoms with E-state index in [1.807, 2.05) is 13.0 Å². The summed E-state index contributed by atoms with van der Waals surface area (Å²) in [6.45, 7) is 2.02. The molecule has 0 radical (unpaired) electrons. The summed E-state index contributed by atoms with van der Waals surface area (Å²) in [5.74, 6) is -0.130. The van der Waals surface area contributed by atoms with Crippen LogP contribution in [0.2, 0.25) is 0 Å². The molecule has 132 valence electrons. The molecule has 3 heterocycles. The van der Waals surface area contributed by atoms with Gasteiger partial charge in [0.1, 0.15) is 18.4 Å². The van der Waals surface area contributed by atoms with Crippen LogP contribution in [0.1, 0.15) is 43.4 Å². The minimum atomic E-state index is -0.223. The van der Waals surface area contributed by atoms with Crippen molar-refractivity contribution in [3.8, 4) is 0 Å². The quantitative estimate of drug-likeness (QED) is 0.732. The zero-order valence-electron chi connectivity index (χ0n) is 14.3. The second-order valence-electron chi connectivity index (χ2n) is 6.86. The van der Waals surface area contributed by atoms with Crippen molar-refractivity contribution in [2.75, 3.05) is 0 Å². The van der Waals surface area contributed by atoms with Crippen molar-refractivity contribution in [3.05, 3.63) is 33.7 Å². The van der Waals surface area contributed by atoms with Gasteiger partial charge in [-0.2, -0.15) is 5.10 Å². The van der Waals surface area contributed by atoms with E-state index in [-0.39, 0.29) is 24.1 Å². The van der Waals surface area contributed by atoms with E-state index in [1.165, 1.54) is 22.4 Å². The standard InChI is InChI=1S/C18H22N4O2S/c1-12-8-14-16(25-12)9-15-18(24)22(19-11-21(14)15)10-17(23)20-13-6-4-2-3-5-7-13/h8-9,11,13H,2-7,10H2,1H3,(H,20,23). The third-order valence-electron chi connectivity index (χ3n) is 4.92. The molecule has 4 rings (SSSR count). The van der Waals surface area contributed by atoms with Gasteiger partial charge >= 0.3 is 0 Å². The van der Waals surface area contributed by atoms with E-state index < -0.39 is 0 Å². The Morgan fingerprint density at radius 1 is 1.24 bits per heavy atom. The van der Waals surface area contributed by atoms with E-state index in [0.29, 0.717) is 5.52 Å². The molecule has 0 bridgehead atoms. The molecule has 0 unspecified atom stereocenters. The van der Waals surface area contributed by atoms with E-state index in [2.05, 4.69) is 16.5 Å². The fourth-order valence-electron chi connectivity index (χ4n) is 3.67. The first-order chi connectivity index (χ1) is 12.1. The highest BCUT2D eigenvalue weighted by atomic mass is 32.1. The van der Waals surface area contributed by atoms with Crippen LogP contribution in [-0.2, 0) is 11.3 Å². The monoisotopic (exact) mass is 358 g/mol. The second-order valence-corrected chi connectivity index (χ2v) is 8.14. The van der Waals surface area contributed by atoms with Crippen molar-refractivity contribution < 1.29 is 4.79 Å². The summed E-state index contributed by atoms with van der Waals surface area (Å²) in [7, 11) is 0. The molecule has 0 aromatic carbocycles. The van der Waals surface area contributed by atoms with Gasteiger partial charge in [0.25, 0.3) is 5.56 Å². The summed E-state index contributed by atoms with van der Waals surface area (Å²) in [6.07, 6.45) is 8.50. The topological polar surface area (TPSA) is 68.4 Å². The molecule has 1 aliphatic carbocycles. The fourth-order valence-corrected chi connectivity index (χ4v) is 4.62. The van der Waals surface area contributed by atoms with Gasteiger partial charge < -0.3 is 5.32 Å². The summed E-state index contributed by atoms with van der Waals surface area (Å²) in [4.78, 5) is 26.2. The van der Waals surface area contributed by atoms with E-state index in [4.69, 9.17) is 0 Å². The summed E-state index contributed by atoms with van der Waals surface area (Å²) >= 11 is 1.66. The van der Waals surface area contributed by atoms with Gasteiger partial charge in [0.15, 0.2) is 0 Å². The van der Waals surface area contributed by atoms with Gasteiger partial charge in [-0.1, -0.05) is 25.7 Å². The molecule has 0 atom stereocenters. The summed E-state index contributed by atoms with van der Waals surface area (Å²) in [5, 5.41) is 7.27. The smallest absolute Gasteiger partial charge is 0.291 e. The van der Waals surface area contributed by atoms with Gasteiger partial charge in [-0.3, -0.25) is 14.0 Å². The number of carbonyl (C=O) groups excluding carboxylic acids is 1. The van der Waals surface area contributed by atoms with Crippen LogP contribution in [0.25, 0.3) is 15.7 Å². The molecule has 7 heteroatoms. The van der Waals surface area contributed by atoms with E-state index in [1.54, 1.807) is 22.1 Å². The average molecular weight is 358 g/mol. The lowest BCUT2D eigenvalue weighted by Crippen LogP contribution is -2.39. The maximum atomic E-state index is 12.7. The molecule has 1 fully saturated rings. The van der Waals surface area contributed by atoms with E-state index in [9.17, 15) is 9.59 Å². The molecule has 3 aromatic rings. The lowest BCUT2D eigenvalue weighted by Gasteiger charge is -2.16. The largest absolute Gasteiger partial charge is 0.352 e. The number of carbonyl (C=O) groups is 1. The average Bonchev–Trinajstić information content (AvgIpc) is 2.97. The van der Waals surface area contributed by atoms with Crippen molar-refractivity contribution >= 4 is 33.0 Å². The van der Waals surface area contributed by atoms with Gasteiger partial charge in [0.05, 0.1) is 10.2 Å². The van der Waals surface area contributed by atoms with Gasteiger partial charge in [-0.05, 0) is 31.9 Å². The number of aryl methyl sites for hydroxylation is 1. The number of amides is 1. The highest BCUT2D eigenvalue weighted by molar-refractivity contribution is 7.19. The van der Waals surface area contributed by atoms with Gasteiger partial charge in [0, 0.05) is 10.9 Å². The van der Waals surface area contributed by atoms with Crippen molar-refractivity contribution in [3.63, 3.8) is 0 Å². The lowest BCUT2D eigenvalue weighted by atomic mass is 10.1. The Bertz CT molecular complexity index is 976. The molecular formula is C18H22N4O2S. The Balaban J connectivity index is 1.55. The van der Waals surface area contributed by atoms with Gasteiger partial charge in [0.2, 0.25) is 5.91 Å². The number of hydrogen-bond donors (Lipinski definition) is 1. The number of aromatic nitrogens is 3. The predicted octanol–water partition coefficient (Wildman–Crippen LogP) is 2.86. The SMILES string of the molecule is Cc1cc2c(cc3c(=O)n(CC(=O)NC4CCCCCC4)ncn32)s1. The van der Waals surface area contributed by atoms with Crippen LogP contribution in [-0.4, -0.2) is 26.1 Å². The van der Waals surface area contributed by atoms with Crippen molar-refractivity contribution in [1.82, 2.24) is 19.5 Å². The minimum absolute atomic E-state index is 0.0241. The maximum Gasteiger partial charge on any atom is 0.291 e. The molecule has 0 saturated heterocycles. The van der Waals surface area contributed by atoms with Crippen LogP contribution >= 0.6 is 11.3 Å². The highest BCUT2D eigenvalue weighted by Crippen LogP contribution is 2.27. The molecule has 1 saturated carbocycles. The number of hydrogen-bond acceptors (Lipinski definition) is 4. The Kier molecular flexibility index (Phi) is 4.33. The Labute approximate surface area is 149 Å². The second kappa shape index (κ2) is 6.63. The van der Waals surface area contributed by atoms with Crippen LogP contribution in [0, 0.1) is 6.92 Å². The molecule has 1 amide bonds. The van der Waals surface area contributed by atoms with Gasteiger partial charge in [-0.15, -0.1) is 11.3 Å². The normalized spacial score (nSPS) is 16.4. The molecular weight excluding hydrogens is 336 g/mol. The molecule has 6 nitrogen and oxygen atoms in total. The summed E-state index contributed by atoms with van der Waals surface area (Å²) in [5.41, 5.74) is 1.34. The van der Waals surface area contributed by atoms with Gasteiger partial charge in [-0.25, -0.2) is 4.68 Å². The fraction of sp³-hybridized carbons (Fsp3) is 0.500. The third kappa shape index (κ3) is 3.20. The summed E-state index contributed by atoms with van der Waals surface area (Å²) < 4.78 is 4.13. The first-order valence-electron chi connectivity index (χ1n) is 8.88. The number of rotatable bonds is 3. The highest BCUT2D eigenvalue weighted by Gasteiger charge is 2.17. The molecule has 1 N–H and O–H groups in total. The first-order valence-corrected chi connectivity index (χ1v) is 9.70. The third-order valence-corrected chi connectivity index (χ3v) is 5.91. The molecule has 25 heavy (non-hydrogen) atoms. The van der Waals surface area contributed by atoms with Crippen LogP contribution in [0.3, 0.4) is 0 Å². The number of nitrogens with one attached hydrogen (secondary N) is 1. The zero-order chi connectivity index (χ0) is 17.4. The minimum Gasteiger partial charge on any atom is -0.352 e. The van der Waals surface area contributed by atoms with E-state index >= 15 is 0 Å². The lowest BCUT2D eigenvalue weighted by molar-refractivity contribution is -0.122. The van der Waals surface area contributed by atoms with Crippen LogP contribution in [0.4, 0.5) is 0 Å². The number of fused-ring (bicyclic) bond motifs is 3. The first kappa shape index (κ1) is 16.3. The number of nitrogens with zero attached hydrogens (tertiary/aromatic N) is 3. The number of thiophene rings is 1. The Morgan fingerprint density at radius 2 is 2.00 bits per heavy atom. The van der Waals surface area contributed by atoms with Crippen LogP contribution in [0.15, 0.2) is 23.3 Å². The zero-order valence-corrected chi connectivity index (χ0v) is 15.1. The summed E-state index contributed by atoms with van der Waals surface area (Å²) in [6, 6.07) is 4.17. The van der Waals surface area contributed by atoms with E-state index in [0.717, 1.165) is 35.9 Å². The molecule has 3 aromatic heterocycles. The van der Waals surface area contributed by atoms with Crippen molar-refractivity contribution in [2.45, 2.75) is 58.0 Å². The molecule has 0 spiro atoms. The molecule has 0 aliphatic heterocycles. The van der Waals surface area contributed by atoms with Crippen molar-refractivity contribution in [2.24, 2.45) is 0 Å². The Hall–Kier alpha value is -2.15. The Morgan fingerprint density at radius 3 is 2.76 bits per heavy atom. The van der Waals surface area contributed by atoms with Crippen LogP contribution < -0.4 is 10.9 Å². The predicted molar refractivity (Wildman–Crippen MR) is 99.2 cm³/mol. The van der Waals surface area contributed by atoms with Crippen LogP contribution in [0.5, 0.6) is 0 Å². The molecule has 1 aliphatic rings. The van der Waals surface area contributed by atoms with Crippen molar-refractivity contribution in [1.29, 1.82) is 0 Å².